The highest BCUT2D eigenvalue weighted by molar-refractivity contribution is 5.98. The lowest BCUT2D eigenvalue weighted by Crippen LogP contribution is -2.51. The fraction of sp³-hybridized carbons (Fsp3) is 0.800. The second kappa shape index (κ2) is 3.69. The van der Waals surface area contributed by atoms with Crippen molar-refractivity contribution < 1.29 is 14.7 Å². The van der Waals surface area contributed by atoms with E-state index in [-0.39, 0.29) is 23.8 Å². The predicted molar refractivity (Wildman–Crippen MR) is 51.4 cm³/mol. The number of nitrogens with zero attached hydrogens (tertiary/aromatic N) is 1. The molecule has 0 radical (unpaired) electrons. The molecule has 1 fully saturated rings. The molecule has 1 atom stereocenters. The largest absolute Gasteiger partial charge is 0.394 e. The van der Waals surface area contributed by atoms with Gasteiger partial charge in [-0.05, 0) is 12.3 Å². The third kappa shape index (κ3) is 2.12. The first-order valence-electron chi connectivity index (χ1n) is 4.83. The molecule has 4 heteroatoms. The van der Waals surface area contributed by atoms with Crippen LogP contribution in [-0.4, -0.2) is 34.5 Å². The van der Waals surface area contributed by atoms with Crippen molar-refractivity contribution in [1.82, 2.24) is 4.90 Å². The maximum absolute atomic E-state index is 11.6. The minimum absolute atomic E-state index is 0.169. The van der Waals surface area contributed by atoms with Crippen LogP contribution in [0, 0.1) is 5.41 Å². The molecule has 1 heterocycles. The Labute approximate surface area is 83.9 Å². The molecule has 0 aromatic carbocycles. The summed E-state index contributed by atoms with van der Waals surface area (Å²) in [5.74, 6) is -0.347. The summed E-state index contributed by atoms with van der Waals surface area (Å²) < 4.78 is 0. The third-order valence-corrected chi connectivity index (χ3v) is 2.50. The molecular formula is C10H17NO3. The number of carbonyl (C=O) groups excluding carboxylic acids is 2. The molecule has 80 valence electrons. The highest BCUT2D eigenvalue weighted by Crippen LogP contribution is 2.32. The van der Waals surface area contributed by atoms with E-state index in [0.717, 1.165) is 0 Å². The Balaban J connectivity index is 2.81. The van der Waals surface area contributed by atoms with Crippen molar-refractivity contribution in [2.75, 3.05) is 6.61 Å². The van der Waals surface area contributed by atoms with Crippen LogP contribution in [0.5, 0.6) is 0 Å². The first-order chi connectivity index (χ1) is 6.37. The number of hydrogen-bond donors (Lipinski definition) is 1. The zero-order valence-corrected chi connectivity index (χ0v) is 8.91. The molecule has 0 aliphatic carbocycles. The van der Waals surface area contributed by atoms with Crippen molar-refractivity contribution in [2.45, 2.75) is 39.7 Å². The third-order valence-electron chi connectivity index (χ3n) is 2.50. The van der Waals surface area contributed by atoms with E-state index in [1.165, 1.54) is 4.90 Å². The van der Waals surface area contributed by atoms with Crippen LogP contribution in [0.25, 0.3) is 0 Å². The van der Waals surface area contributed by atoms with Gasteiger partial charge < -0.3 is 5.11 Å². The Kier molecular flexibility index (Phi) is 2.95. The first-order valence-corrected chi connectivity index (χ1v) is 4.83. The molecule has 0 aromatic rings. The molecule has 1 aliphatic heterocycles. The molecule has 0 unspecified atom stereocenters. The zero-order valence-electron chi connectivity index (χ0n) is 8.91. The van der Waals surface area contributed by atoms with Gasteiger partial charge in [0.1, 0.15) is 0 Å². The van der Waals surface area contributed by atoms with Gasteiger partial charge in [0, 0.05) is 12.8 Å². The second-order valence-corrected chi connectivity index (χ2v) is 4.71. The molecule has 0 aromatic heterocycles. The molecule has 14 heavy (non-hydrogen) atoms. The summed E-state index contributed by atoms with van der Waals surface area (Å²) >= 11 is 0. The van der Waals surface area contributed by atoms with Crippen LogP contribution in [0.15, 0.2) is 0 Å². The van der Waals surface area contributed by atoms with E-state index in [2.05, 4.69) is 0 Å². The van der Waals surface area contributed by atoms with E-state index in [9.17, 15) is 9.59 Å². The molecule has 1 aliphatic rings. The number of amides is 2. The van der Waals surface area contributed by atoms with Crippen LogP contribution in [0.2, 0.25) is 0 Å². The standard InChI is InChI=1S/C10H17NO3/c1-7(6-12)11-8(13)4-10(2,3)5-9(11)14/h7,12H,4-6H2,1-3H3/t7-/m0/s1. The van der Waals surface area contributed by atoms with E-state index in [1.54, 1.807) is 6.92 Å². The topological polar surface area (TPSA) is 57.6 Å². The minimum Gasteiger partial charge on any atom is -0.394 e. The Morgan fingerprint density at radius 2 is 1.79 bits per heavy atom. The van der Waals surface area contributed by atoms with E-state index < -0.39 is 6.04 Å². The lowest BCUT2D eigenvalue weighted by molar-refractivity contribution is -0.155. The van der Waals surface area contributed by atoms with Gasteiger partial charge in [0.15, 0.2) is 0 Å². The number of likely N-dealkylation sites (tertiary alicyclic amines) is 1. The summed E-state index contributed by atoms with van der Waals surface area (Å²) in [6.07, 6.45) is 0.756. The molecule has 4 nitrogen and oxygen atoms in total. The highest BCUT2D eigenvalue weighted by Gasteiger charge is 2.39. The number of imide groups is 1. The van der Waals surface area contributed by atoms with Gasteiger partial charge in [0.05, 0.1) is 12.6 Å². The van der Waals surface area contributed by atoms with Crippen molar-refractivity contribution in [2.24, 2.45) is 5.41 Å². The smallest absolute Gasteiger partial charge is 0.230 e. The summed E-state index contributed by atoms with van der Waals surface area (Å²) in [4.78, 5) is 24.4. The van der Waals surface area contributed by atoms with E-state index in [4.69, 9.17) is 5.11 Å². The highest BCUT2D eigenvalue weighted by atomic mass is 16.3. The second-order valence-electron chi connectivity index (χ2n) is 4.71. The fourth-order valence-corrected chi connectivity index (χ4v) is 1.76. The first kappa shape index (κ1) is 11.2. The SMILES string of the molecule is C[C@@H](CO)N1C(=O)CC(C)(C)CC1=O. The van der Waals surface area contributed by atoms with Gasteiger partial charge in [-0.15, -0.1) is 0 Å². The Morgan fingerprint density at radius 3 is 2.14 bits per heavy atom. The maximum Gasteiger partial charge on any atom is 0.230 e. The molecule has 0 spiro atoms. The molecule has 0 bridgehead atoms. The fourth-order valence-electron chi connectivity index (χ4n) is 1.76. The number of carbonyl (C=O) groups is 2. The van der Waals surface area contributed by atoms with Gasteiger partial charge >= 0.3 is 0 Å². The van der Waals surface area contributed by atoms with Gasteiger partial charge in [-0.1, -0.05) is 13.8 Å². The normalized spacial score (nSPS) is 23.9. The predicted octanol–water partition coefficient (Wildman–Crippen LogP) is 0.542. The van der Waals surface area contributed by atoms with Crippen LogP contribution in [-0.2, 0) is 9.59 Å². The van der Waals surface area contributed by atoms with Gasteiger partial charge in [-0.3, -0.25) is 14.5 Å². The molecule has 0 saturated carbocycles. The van der Waals surface area contributed by atoms with Crippen LogP contribution in [0.3, 0.4) is 0 Å². The molecule has 1 N–H and O–H groups in total. The number of rotatable bonds is 2. The zero-order chi connectivity index (χ0) is 10.9. The minimum atomic E-state index is -0.397. The Bertz CT molecular complexity index is 240. The summed E-state index contributed by atoms with van der Waals surface area (Å²) in [6, 6.07) is -0.397. The van der Waals surface area contributed by atoms with E-state index in [0.29, 0.717) is 12.8 Å². The summed E-state index contributed by atoms with van der Waals surface area (Å²) in [6.45, 7) is 5.32. The molecular weight excluding hydrogens is 182 g/mol. The van der Waals surface area contributed by atoms with Crippen molar-refractivity contribution in [3.8, 4) is 0 Å². The van der Waals surface area contributed by atoms with Crippen molar-refractivity contribution in [3.63, 3.8) is 0 Å². The van der Waals surface area contributed by atoms with Crippen LogP contribution in [0.1, 0.15) is 33.6 Å². The number of hydrogen-bond acceptors (Lipinski definition) is 3. The number of aliphatic hydroxyl groups is 1. The van der Waals surface area contributed by atoms with Gasteiger partial charge in [0.25, 0.3) is 0 Å². The Morgan fingerprint density at radius 1 is 1.36 bits per heavy atom. The van der Waals surface area contributed by atoms with Crippen LogP contribution < -0.4 is 0 Å². The van der Waals surface area contributed by atoms with Crippen molar-refractivity contribution in [1.29, 1.82) is 0 Å². The maximum atomic E-state index is 11.6. The molecule has 2 amide bonds. The molecule has 1 saturated heterocycles. The van der Waals surface area contributed by atoms with E-state index in [1.807, 2.05) is 13.8 Å². The summed E-state index contributed by atoms with van der Waals surface area (Å²) in [5, 5.41) is 8.91. The van der Waals surface area contributed by atoms with Crippen molar-refractivity contribution in [3.05, 3.63) is 0 Å². The number of aliphatic hydroxyl groups excluding tert-OH is 1. The summed E-state index contributed by atoms with van der Waals surface area (Å²) in [7, 11) is 0. The van der Waals surface area contributed by atoms with Crippen LogP contribution in [0.4, 0.5) is 0 Å². The lowest BCUT2D eigenvalue weighted by atomic mass is 9.81. The molecule has 1 rings (SSSR count). The van der Waals surface area contributed by atoms with Gasteiger partial charge in [0.2, 0.25) is 11.8 Å². The van der Waals surface area contributed by atoms with E-state index >= 15 is 0 Å². The van der Waals surface area contributed by atoms with Crippen molar-refractivity contribution >= 4 is 11.8 Å². The van der Waals surface area contributed by atoms with Gasteiger partial charge in [-0.2, -0.15) is 0 Å². The van der Waals surface area contributed by atoms with Gasteiger partial charge in [-0.25, -0.2) is 0 Å². The quantitative estimate of drug-likeness (QED) is 0.660. The average molecular weight is 199 g/mol. The Hall–Kier alpha value is -0.900. The van der Waals surface area contributed by atoms with Crippen LogP contribution >= 0.6 is 0 Å². The number of piperidine rings is 1. The lowest BCUT2D eigenvalue weighted by Gasteiger charge is -2.37. The average Bonchev–Trinajstić information content (AvgIpc) is 1.99. The monoisotopic (exact) mass is 199 g/mol. The summed E-state index contributed by atoms with van der Waals surface area (Å²) in [5.41, 5.74) is -0.236.